The lowest BCUT2D eigenvalue weighted by molar-refractivity contribution is 0.264. The number of nitrogens with one attached hydrogen (secondary N) is 1. The van der Waals surface area contributed by atoms with Crippen molar-refractivity contribution in [2.24, 2.45) is 0 Å². The predicted octanol–water partition coefficient (Wildman–Crippen LogP) is 3.95. The summed E-state index contributed by atoms with van der Waals surface area (Å²) in [4.78, 5) is 0. The Balaban J connectivity index is 1.55. The maximum Gasteiger partial charge on any atom is 0.122 e. The lowest BCUT2D eigenvalue weighted by atomic mass is 9.93. The minimum absolute atomic E-state index is 0.543. The molecule has 0 bridgehead atoms. The van der Waals surface area contributed by atoms with Crippen LogP contribution in [0.15, 0.2) is 54.6 Å². The fourth-order valence-electron chi connectivity index (χ4n) is 3.00. The average molecular weight is 281 g/mol. The van der Waals surface area contributed by atoms with Crippen molar-refractivity contribution in [2.45, 2.75) is 25.2 Å². The van der Waals surface area contributed by atoms with Crippen molar-refractivity contribution in [1.82, 2.24) is 5.32 Å². The van der Waals surface area contributed by atoms with Gasteiger partial charge in [0.15, 0.2) is 0 Å². The van der Waals surface area contributed by atoms with Gasteiger partial charge in [0, 0.05) is 19.0 Å². The third-order valence-corrected chi connectivity index (χ3v) is 4.29. The quantitative estimate of drug-likeness (QED) is 0.896. The molecule has 1 aliphatic heterocycles. The molecule has 3 rings (SSSR count). The molecule has 21 heavy (non-hydrogen) atoms. The number of fused-ring (bicyclic) bond motifs is 1. The summed E-state index contributed by atoms with van der Waals surface area (Å²) in [5.74, 6) is 2.17. The first-order valence-corrected chi connectivity index (χ1v) is 7.82. The van der Waals surface area contributed by atoms with Gasteiger partial charge in [-0.1, -0.05) is 55.5 Å². The van der Waals surface area contributed by atoms with Crippen LogP contribution in [0.2, 0.25) is 0 Å². The Morgan fingerprint density at radius 3 is 2.71 bits per heavy atom. The normalized spacial score (nSPS) is 18.6. The van der Waals surface area contributed by atoms with Crippen molar-refractivity contribution in [3.63, 3.8) is 0 Å². The second kappa shape index (κ2) is 6.77. The first-order valence-electron chi connectivity index (χ1n) is 7.82. The number of benzene rings is 2. The number of hydrogen-bond acceptors (Lipinski definition) is 2. The average Bonchev–Trinajstić information content (AvgIpc) is 2.56. The smallest absolute Gasteiger partial charge is 0.122 e. The second-order valence-corrected chi connectivity index (χ2v) is 5.84. The highest BCUT2D eigenvalue weighted by molar-refractivity contribution is 5.37. The lowest BCUT2D eigenvalue weighted by Crippen LogP contribution is -2.28. The standard InChI is InChI=1S/C19H23NO/c1-15(16-7-3-2-4-8-16)13-20-14-17-11-12-21-19-10-6-5-9-18(17)19/h2-10,15,17,20H,11-14H2,1H3. The summed E-state index contributed by atoms with van der Waals surface area (Å²) in [6.07, 6.45) is 1.10. The van der Waals surface area contributed by atoms with Crippen LogP contribution in [-0.2, 0) is 0 Å². The molecule has 2 atom stereocenters. The van der Waals surface area contributed by atoms with E-state index in [9.17, 15) is 0 Å². The van der Waals surface area contributed by atoms with E-state index < -0.39 is 0 Å². The van der Waals surface area contributed by atoms with Gasteiger partial charge in [-0.05, 0) is 29.5 Å². The lowest BCUT2D eigenvalue weighted by Gasteiger charge is -2.26. The van der Waals surface area contributed by atoms with E-state index in [-0.39, 0.29) is 0 Å². The Hall–Kier alpha value is -1.80. The van der Waals surface area contributed by atoms with E-state index in [2.05, 4.69) is 60.8 Å². The van der Waals surface area contributed by atoms with E-state index >= 15 is 0 Å². The first-order chi connectivity index (χ1) is 10.3. The Bertz CT molecular complexity index is 567. The van der Waals surface area contributed by atoms with Gasteiger partial charge in [0.25, 0.3) is 0 Å². The van der Waals surface area contributed by atoms with Crippen molar-refractivity contribution < 1.29 is 4.74 Å². The van der Waals surface area contributed by atoms with E-state index in [4.69, 9.17) is 4.74 Å². The number of rotatable bonds is 5. The molecule has 0 saturated heterocycles. The van der Waals surface area contributed by atoms with Crippen molar-refractivity contribution in [3.8, 4) is 5.75 Å². The Morgan fingerprint density at radius 2 is 1.86 bits per heavy atom. The SMILES string of the molecule is CC(CNCC1CCOc2ccccc21)c1ccccc1. The summed E-state index contributed by atoms with van der Waals surface area (Å²) in [5.41, 5.74) is 2.75. The predicted molar refractivity (Wildman–Crippen MR) is 87.0 cm³/mol. The molecular weight excluding hydrogens is 258 g/mol. The Labute approximate surface area is 127 Å². The fourth-order valence-corrected chi connectivity index (χ4v) is 3.00. The van der Waals surface area contributed by atoms with Crippen LogP contribution in [0.1, 0.15) is 36.3 Å². The number of ether oxygens (including phenoxy) is 1. The zero-order valence-corrected chi connectivity index (χ0v) is 12.6. The third-order valence-electron chi connectivity index (χ3n) is 4.29. The van der Waals surface area contributed by atoms with Gasteiger partial charge in [-0.3, -0.25) is 0 Å². The van der Waals surface area contributed by atoms with Gasteiger partial charge in [-0.25, -0.2) is 0 Å². The zero-order chi connectivity index (χ0) is 14.5. The van der Waals surface area contributed by atoms with Crippen LogP contribution in [0.5, 0.6) is 5.75 Å². The molecule has 0 saturated carbocycles. The molecule has 0 aromatic heterocycles. The van der Waals surface area contributed by atoms with Crippen molar-refractivity contribution >= 4 is 0 Å². The van der Waals surface area contributed by atoms with E-state index in [1.807, 2.05) is 6.07 Å². The van der Waals surface area contributed by atoms with Gasteiger partial charge in [-0.15, -0.1) is 0 Å². The Morgan fingerprint density at radius 1 is 1.10 bits per heavy atom. The highest BCUT2D eigenvalue weighted by Crippen LogP contribution is 2.32. The fraction of sp³-hybridized carbons (Fsp3) is 0.368. The summed E-state index contributed by atoms with van der Waals surface area (Å²) in [6.45, 7) is 5.15. The molecule has 2 nitrogen and oxygen atoms in total. The molecule has 0 radical (unpaired) electrons. The zero-order valence-electron chi connectivity index (χ0n) is 12.6. The molecule has 110 valence electrons. The summed E-state index contributed by atoms with van der Waals surface area (Å²) in [5, 5.41) is 3.64. The van der Waals surface area contributed by atoms with E-state index in [0.29, 0.717) is 11.8 Å². The van der Waals surface area contributed by atoms with E-state index in [0.717, 1.165) is 31.9 Å². The topological polar surface area (TPSA) is 21.3 Å². The maximum atomic E-state index is 5.72. The maximum absolute atomic E-state index is 5.72. The second-order valence-electron chi connectivity index (χ2n) is 5.84. The van der Waals surface area contributed by atoms with E-state index in [1.165, 1.54) is 11.1 Å². The largest absolute Gasteiger partial charge is 0.493 e. The summed E-state index contributed by atoms with van der Waals surface area (Å²) < 4.78 is 5.72. The molecule has 2 heteroatoms. The number of hydrogen-bond donors (Lipinski definition) is 1. The highest BCUT2D eigenvalue weighted by Gasteiger charge is 2.20. The van der Waals surface area contributed by atoms with Gasteiger partial charge >= 0.3 is 0 Å². The summed E-state index contributed by atoms with van der Waals surface area (Å²) in [7, 11) is 0. The van der Waals surface area contributed by atoms with Crippen LogP contribution in [0.4, 0.5) is 0 Å². The summed E-state index contributed by atoms with van der Waals surface area (Å²) in [6, 6.07) is 19.1. The van der Waals surface area contributed by atoms with Crippen LogP contribution < -0.4 is 10.1 Å². The molecule has 0 amide bonds. The van der Waals surface area contributed by atoms with Crippen LogP contribution in [-0.4, -0.2) is 19.7 Å². The molecule has 0 fully saturated rings. The van der Waals surface area contributed by atoms with Crippen molar-refractivity contribution in [2.75, 3.05) is 19.7 Å². The highest BCUT2D eigenvalue weighted by atomic mass is 16.5. The summed E-state index contributed by atoms with van der Waals surface area (Å²) >= 11 is 0. The molecular formula is C19H23NO. The van der Waals surface area contributed by atoms with Crippen LogP contribution in [0.25, 0.3) is 0 Å². The number of para-hydroxylation sites is 1. The molecule has 0 spiro atoms. The van der Waals surface area contributed by atoms with Gasteiger partial charge in [0.05, 0.1) is 6.61 Å². The van der Waals surface area contributed by atoms with Crippen molar-refractivity contribution in [1.29, 1.82) is 0 Å². The van der Waals surface area contributed by atoms with Crippen LogP contribution in [0.3, 0.4) is 0 Å². The molecule has 2 unspecified atom stereocenters. The van der Waals surface area contributed by atoms with Crippen LogP contribution in [0, 0.1) is 0 Å². The minimum Gasteiger partial charge on any atom is -0.493 e. The first kappa shape index (κ1) is 14.2. The molecule has 0 aliphatic carbocycles. The third kappa shape index (κ3) is 3.45. The Kier molecular flexibility index (Phi) is 4.56. The molecule has 1 N–H and O–H groups in total. The van der Waals surface area contributed by atoms with Crippen molar-refractivity contribution in [3.05, 3.63) is 65.7 Å². The van der Waals surface area contributed by atoms with E-state index in [1.54, 1.807) is 0 Å². The van der Waals surface area contributed by atoms with Gasteiger partial charge in [0.1, 0.15) is 5.75 Å². The van der Waals surface area contributed by atoms with Gasteiger partial charge in [0.2, 0.25) is 0 Å². The monoisotopic (exact) mass is 281 g/mol. The van der Waals surface area contributed by atoms with Gasteiger partial charge in [-0.2, -0.15) is 0 Å². The molecule has 2 aromatic carbocycles. The van der Waals surface area contributed by atoms with Gasteiger partial charge < -0.3 is 10.1 Å². The molecule has 1 heterocycles. The minimum atomic E-state index is 0.543. The molecule has 1 aliphatic rings. The molecule has 2 aromatic rings. The van der Waals surface area contributed by atoms with Crippen LogP contribution >= 0.6 is 0 Å².